The smallest absolute Gasteiger partial charge is 0.292 e. The lowest BCUT2D eigenvalue weighted by atomic mass is 9.97. The van der Waals surface area contributed by atoms with Gasteiger partial charge in [0.1, 0.15) is 0 Å². The van der Waals surface area contributed by atoms with Crippen LogP contribution in [0.3, 0.4) is 0 Å². The van der Waals surface area contributed by atoms with E-state index < -0.39 is 0 Å². The van der Waals surface area contributed by atoms with E-state index in [1.807, 2.05) is 12.1 Å². The fourth-order valence-corrected chi connectivity index (χ4v) is 4.10. The Balaban J connectivity index is 1.81. The van der Waals surface area contributed by atoms with Crippen molar-refractivity contribution in [2.24, 2.45) is 0 Å². The van der Waals surface area contributed by atoms with Gasteiger partial charge in [0, 0.05) is 17.5 Å². The first-order valence-corrected chi connectivity index (χ1v) is 9.00. The average molecular weight is 382 g/mol. The third-order valence-corrected chi connectivity index (χ3v) is 5.48. The van der Waals surface area contributed by atoms with E-state index in [9.17, 15) is 14.7 Å². The summed E-state index contributed by atoms with van der Waals surface area (Å²) in [6.07, 6.45) is 4.21. The minimum absolute atomic E-state index is 0.0998. The Morgan fingerprint density at radius 3 is 2.65 bits per heavy atom. The summed E-state index contributed by atoms with van der Waals surface area (Å²) >= 11 is 3.37. The van der Waals surface area contributed by atoms with Crippen LogP contribution in [-0.4, -0.2) is 42.2 Å². The number of carbonyl (C=O) groups excluding carboxylic acids is 2. The number of benzene rings is 1. The van der Waals surface area contributed by atoms with Gasteiger partial charge in [-0.25, -0.2) is 4.90 Å². The van der Waals surface area contributed by atoms with Gasteiger partial charge in [0.25, 0.3) is 5.91 Å². The Morgan fingerprint density at radius 2 is 1.96 bits per heavy atom. The first kappa shape index (κ1) is 16.6. The summed E-state index contributed by atoms with van der Waals surface area (Å²) in [5.74, 6) is -0.222. The molecule has 6 heteroatoms. The largest absolute Gasteiger partial charge is 0.396 e. The second kappa shape index (κ2) is 7.11. The van der Waals surface area contributed by atoms with Gasteiger partial charge >= 0.3 is 0 Å². The Kier molecular flexibility index (Phi) is 5.14. The number of piperidine rings is 1. The fraction of sp³-hybridized carbons (Fsp3) is 0.529. The van der Waals surface area contributed by atoms with Gasteiger partial charge < -0.3 is 10.0 Å². The van der Waals surface area contributed by atoms with Crippen molar-refractivity contribution in [2.75, 3.05) is 18.1 Å². The molecule has 0 saturated carbocycles. The van der Waals surface area contributed by atoms with Crippen LogP contribution < -0.4 is 9.80 Å². The number of halogens is 1. The van der Waals surface area contributed by atoms with Crippen LogP contribution in [0.2, 0.25) is 0 Å². The molecule has 2 heterocycles. The number of nitrogens with one attached hydrogen (secondary N) is 1. The van der Waals surface area contributed by atoms with Gasteiger partial charge in [0.15, 0.2) is 6.04 Å². The number of rotatable bonds is 4. The van der Waals surface area contributed by atoms with Crippen LogP contribution >= 0.6 is 15.9 Å². The molecule has 0 aromatic heterocycles. The Labute approximate surface area is 144 Å². The summed E-state index contributed by atoms with van der Waals surface area (Å²) in [4.78, 5) is 27.8. The quantitative estimate of drug-likeness (QED) is 0.761. The van der Waals surface area contributed by atoms with Crippen molar-refractivity contribution in [1.29, 1.82) is 0 Å². The number of hydrogen-bond donors (Lipinski definition) is 2. The number of anilines is 1. The number of likely N-dealkylation sites (tertiary alicyclic amines) is 1. The maximum absolute atomic E-state index is 12.9. The third kappa shape index (κ3) is 3.34. The van der Waals surface area contributed by atoms with E-state index in [-0.39, 0.29) is 36.9 Å². The molecule has 23 heavy (non-hydrogen) atoms. The molecular weight excluding hydrogens is 360 g/mol. The predicted octanol–water partition coefficient (Wildman–Crippen LogP) is 0.901. The van der Waals surface area contributed by atoms with Crippen molar-refractivity contribution in [2.45, 2.75) is 44.2 Å². The van der Waals surface area contributed by atoms with Crippen LogP contribution in [0.15, 0.2) is 28.7 Å². The molecular formula is C17H22BrN2O3+. The van der Waals surface area contributed by atoms with E-state index in [4.69, 9.17) is 0 Å². The summed E-state index contributed by atoms with van der Waals surface area (Å²) in [6.45, 7) is 1.04. The molecule has 2 aliphatic rings. The number of hydrogen-bond acceptors (Lipinski definition) is 3. The monoisotopic (exact) mass is 381 g/mol. The zero-order valence-corrected chi connectivity index (χ0v) is 14.6. The molecule has 0 aliphatic carbocycles. The Hall–Kier alpha value is -1.24. The molecule has 124 valence electrons. The van der Waals surface area contributed by atoms with E-state index in [0.717, 1.165) is 30.3 Å². The molecule has 0 spiro atoms. The van der Waals surface area contributed by atoms with Crippen LogP contribution in [0.1, 0.15) is 32.1 Å². The molecule has 2 aliphatic heterocycles. The Bertz CT molecular complexity index is 588. The van der Waals surface area contributed by atoms with E-state index in [0.29, 0.717) is 12.1 Å². The maximum atomic E-state index is 12.9. The number of aliphatic hydroxyl groups excluding tert-OH is 1. The summed E-state index contributed by atoms with van der Waals surface area (Å²) in [6, 6.07) is 7.23. The van der Waals surface area contributed by atoms with Gasteiger partial charge in [-0.3, -0.25) is 9.59 Å². The van der Waals surface area contributed by atoms with Crippen LogP contribution in [0, 0.1) is 0 Å². The highest BCUT2D eigenvalue weighted by atomic mass is 79.9. The number of quaternary nitrogens is 1. The molecule has 2 N–H and O–H groups in total. The highest BCUT2D eigenvalue weighted by molar-refractivity contribution is 9.10. The number of nitrogens with zero attached hydrogens (tertiary/aromatic N) is 1. The predicted molar refractivity (Wildman–Crippen MR) is 90.2 cm³/mol. The first-order chi connectivity index (χ1) is 11.1. The lowest BCUT2D eigenvalue weighted by Crippen LogP contribution is -3.20. The maximum Gasteiger partial charge on any atom is 0.292 e. The summed E-state index contributed by atoms with van der Waals surface area (Å²) in [7, 11) is 0. The minimum atomic E-state index is -0.303. The van der Waals surface area contributed by atoms with Crippen molar-refractivity contribution in [3.8, 4) is 0 Å². The van der Waals surface area contributed by atoms with Gasteiger partial charge in [0.2, 0.25) is 5.91 Å². The fourth-order valence-electron chi connectivity index (χ4n) is 3.84. The topological polar surface area (TPSA) is 62.1 Å². The van der Waals surface area contributed by atoms with Crippen molar-refractivity contribution >= 4 is 33.4 Å². The van der Waals surface area contributed by atoms with Crippen LogP contribution in [0.25, 0.3) is 0 Å². The zero-order chi connectivity index (χ0) is 16.4. The van der Waals surface area contributed by atoms with E-state index in [1.54, 1.807) is 12.1 Å². The molecule has 3 rings (SSSR count). The summed E-state index contributed by atoms with van der Waals surface area (Å²) < 4.78 is 0.918. The SMILES string of the molecule is O=C1C[C@@H]([NH+]2CCCC[C@@H]2CCO)C(=O)N1c1ccc(Br)cc1. The summed E-state index contributed by atoms with van der Waals surface area (Å²) in [5, 5.41) is 9.27. The highest BCUT2D eigenvalue weighted by Gasteiger charge is 2.48. The molecule has 0 bridgehead atoms. The van der Waals surface area contributed by atoms with Crippen LogP contribution in [0.4, 0.5) is 5.69 Å². The molecule has 5 nitrogen and oxygen atoms in total. The Morgan fingerprint density at radius 1 is 1.22 bits per heavy atom. The van der Waals surface area contributed by atoms with Crippen molar-refractivity contribution in [3.63, 3.8) is 0 Å². The van der Waals surface area contributed by atoms with Gasteiger partial charge in [-0.05, 0) is 43.5 Å². The van der Waals surface area contributed by atoms with Crippen LogP contribution in [0.5, 0.6) is 0 Å². The molecule has 2 saturated heterocycles. The third-order valence-electron chi connectivity index (χ3n) is 4.95. The molecule has 1 aromatic carbocycles. The second-order valence-electron chi connectivity index (χ2n) is 6.33. The van der Waals surface area contributed by atoms with Crippen molar-refractivity contribution in [1.82, 2.24) is 0 Å². The second-order valence-corrected chi connectivity index (χ2v) is 7.25. The lowest BCUT2D eigenvalue weighted by molar-refractivity contribution is -0.945. The van der Waals surface area contributed by atoms with Crippen molar-refractivity contribution in [3.05, 3.63) is 28.7 Å². The van der Waals surface area contributed by atoms with Crippen LogP contribution in [-0.2, 0) is 9.59 Å². The molecule has 1 aromatic rings. The van der Waals surface area contributed by atoms with E-state index in [2.05, 4.69) is 15.9 Å². The summed E-state index contributed by atoms with van der Waals surface area (Å²) in [5.41, 5.74) is 0.640. The molecule has 2 amide bonds. The molecule has 1 unspecified atom stereocenters. The van der Waals surface area contributed by atoms with Gasteiger partial charge in [-0.1, -0.05) is 15.9 Å². The number of imide groups is 1. The molecule has 3 atom stereocenters. The van der Waals surface area contributed by atoms with Gasteiger partial charge in [-0.2, -0.15) is 0 Å². The van der Waals surface area contributed by atoms with E-state index in [1.165, 1.54) is 9.80 Å². The standard InChI is InChI=1S/C17H21BrN2O3/c18-12-4-6-14(7-5-12)20-16(22)11-15(17(20)23)19-9-2-1-3-13(19)8-10-21/h4-7,13,15,21H,1-3,8-11H2/p+1/t13-,15-/m1/s1. The molecule has 0 radical (unpaired) electrons. The lowest BCUT2D eigenvalue weighted by Gasteiger charge is -2.35. The minimum Gasteiger partial charge on any atom is -0.396 e. The highest BCUT2D eigenvalue weighted by Crippen LogP contribution is 2.24. The average Bonchev–Trinajstić information content (AvgIpc) is 2.84. The number of aliphatic hydroxyl groups is 1. The molecule has 2 fully saturated rings. The normalized spacial score (nSPS) is 28.4. The van der Waals surface area contributed by atoms with Gasteiger partial charge in [-0.15, -0.1) is 0 Å². The van der Waals surface area contributed by atoms with Crippen molar-refractivity contribution < 1.29 is 19.6 Å². The zero-order valence-electron chi connectivity index (χ0n) is 13.0. The van der Waals surface area contributed by atoms with E-state index >= 15 is 0 Å². The number of amides is 2. The number of carbonyl (C=O) groups is 2. The van der Waals surface area contributed by atoms with Gasteiger partial charge in [0.05, 0.1) is 24.7 Å². The first-order valence-electron chi connectivity index (χ1n) is 8.20.